The highest BCUT2D eigenvalue weighted by Gasteiger charge is 2.34. The topological polar surface area (TPSA) is 24.9 Å². The second kappa shape index (κ2) is 10.9. The van der Waals surface area contributed by atoms with E-state index in [-0.39, 0.29) is 0 Å². The van der Waals surface area contributed by atoms with Crippen LogP contribution in [0.1, 0.15) is 47.1 Å². The van der Waals surface area contributed by atoms with E-state index >= 15 is 0 Å². The Labute approximate surface area is 254 Å². The van der Waals surface area contributed by atoms with Crippen molar-refractivity contribution < 1.29 is 0 Å². The molecular formula is C41H36N2. The summed E-state index contributed by atoms with van der Waals surface area (Å²) in [6, 6.07) is 18.4. The first kappa shape index (κ1) is 26.0. The van der Waals surface area contributed by atoms with Crippen molar-refractivity contribution >= 4 is 28.5 Å². The van der Waals surface area contributed by atoms with Gasteiger partial charge in [0.2, 0.25) is 0 Å². The molecule has 4 aliphatic carbocycles. The summed E-state index contributed by atoms with van der Waals surface area (Å²) in [5.41, 5.74) is 15.1. The molecule has 2 aromatic carbocycles. The Balaban J connectivity index is 1.24. The van der Waals surface area contributed by atoms with Gasteiger partial charge >= 0.3 is 0 Å². The fourth-order valence-corrected chi connectivity index (χ4v) is 7.60. The molecule has 2 nitrogen and oxygen atoms in total. The monoisotopic (exact) mass is 556 g/mol. The van der Waals surface area contributed by atoms with Gasteiger partial charge < -0.3 is 5.32 Å². The molecule has 0 spiro atoms. The zero-order valence-corrected chi connectivity index (χ0v) is 24.7. The number of fused-ring (bicyclic) bond motifs is 3. The summed E-state index contributed by atoms with van der Waals surface area (Å²) < 4.78 is 0. The predicted octanol–water partition coefficient (Wildman–Crippen LogP) is 7.40. The van der Waals surface area contributed by atoms with Crippen LogP contribution in [0.2, 0.25) is 0 Å². The van der Waals surface area contributed by atoms with E-state index in [1.165, 1.54) is 60.6 Å². The van der Waals surface area contributed by atoms with Crippen LogP contribution in [0.25, 0.3) is 28.5 Å². The van der Waals surface area contributed by atoms with Gasteiger partial charge in [-0.3, -0.25) is 4.98 Å². The lowest BCUT2D eigenvalue weighted by Gasteiger charge is -2.36. The van der Waals surface area contributed by atoms with Gasteiger partial charge in [0.15, 0.2) is 0 Å². The predicted molar refractivity (Wildman–Crippen MR) is 180 cm³/mol. The molecular weight excluding hydrogens is 520 g/mol. The number of nitrogens with one attached hydrogen (secondary N) is 1. The standard InChI is InChI=1S/C41H36N2/c1-27-13-14-31-23-32(20-19-30(31)22-27)41-37-10-4-2-8-35(37)40(36-9-3-5-11-38(36)41)29-17-15-28(16-18-29)33-24-34(26-42-25-33)39-12-6-7-21-43-39/h2-15,17,22-26,35,37,43H,16,18-21H2,1H3. The van der Waals surface area contributed by atoms with Gasteiger partial charge in [-0.15, -0.1) is 0 Å². The quantitative estimate of drug-likeness (QED) is 0.362. The van der Waals surface area contributed by atoms with Gasteiger partial charge in [-0.1, -0.05) is 103 Å². The highest BCUT2D eigenvalue weighted by molar-refractivity contribution is 5.85. The van der Waals surface area contributed by atoms with Crippen LogP contribution in [0.5, 0.6) is 0 Å². The summed E-state index contributed by atoms with van der Waals surface area (Å²) in [4.78, 5) is 4.60. The van der Waals surface area contributed by atoms with Crippen molar-refractivity contribution in [3.8, 4) is 0 Å². The number of nitrogens with zero attached hydrogens (tertiary/aromatic N) is 1. The van der Waals surface area contributed by atoms with Crippen LogP contribution in [0.3, 0.4) is 0 Å². The largest absolute Gasteiger partial charge is 0.381 e. The molecule has 3 aromatic rings. The molecule has 0 bridgehead atoms. The number of dihydropyridines is 1. The van der Waals surface area contributed by atoms with Crippen LogP contribution in [0.15, 0.2) is 127 Å². The fraction of sp³-hybridized carbons (Fsp3) is 0.195. The zero-order chi connectivity index (χ0) is 28.8. The third-order valence-electron chi connectivity index (χ3n) is 9.67. The third kappa shape index (κ3) is 4.72. The lowest BCUT2D eigenvalue weighted by Crippen LogP contribution is -2.40. The second-order valence-corrected chi connectivity index (χ2v) is 12.3. The molecule has 0 saturated heterocycles. The number of allylic oxidation sites excluding steroid dienone is 11. The van der Waals surface area contributed by atoms with Crippen molar-refractivity contribution in [2.24, 2.45) is 11.8 Å². The Bertz CT molecular complexity index is 1990. The van der Waals surface area contributed by atoms with Crippen LogP contribution < -0.4 is 15.8 Å². The van der Waals surface area contributed by atoms with Crippen LogP contribution >= 0.6 is 0 Å². The molecule has 0 saturated carbocycles. The molecule has 2 heterocycles. The van der Waals surface area contributed by atoms with E-state index in [0.717, 1.165) is 43.5 Å². The van der Waals surface area contributed by atoms with Crippen molar-refractivity contribution in [2.45, 2.75) is 32.6 Å². The molecule has 0 amide bonds. The maximum atomic E-state index is 4.60. The van der Waals surface area contributed by atoms with Crippen molar-refractivity contribution in [1.82, 2.24) is 10.3 Å². The minimum absolute atomic E-state index is 0.346. The summed E-state index contributed by atoms with van der Waals surface area (Å²) in [5, 5.41) is 6.29. The smallest absolute Gasteiger partial charge is 0.0431 e. The summed E-state index contributed by atoms with van der Waals surface area (Å²) in [6.07, 6.45) is 31.2. The van der Waals surface area contributed by atoms with Crippen LogP contribution in [-0.4, -0.2) is 11.5 Å². The van der Waals surface area contributed by atoms with Gasteiger partial charge in [-0.25, -0.2) is 0 Å². The van der Waals surface area contributed by atoms with E-state index in [1.54, 1.807) is 0 Å². The minimum Gasteiger partial charge on any atom is -0.381 e. The van der Waals surface area contributed by atoms with Gasteiger partial charge in [0.1, 0.15) is 0 Å². The Morgan fingerprint density at radius 2 is 1.42 bits per heavy atom. The Morgan fingerprint density at radius 3 is 2.16 bits per heavy atom. The number of pyridine rings is 1. The van der Waals surface area contributed by atoms with Gasteiger partial charge in [0, 0.05) is 42.0 Å². The highest BCUT2D eigenvalue weighted by atomic mass is 14.9. The van der Waals surface area contributed by atoms with E-state index in [0.29, 0.717) is 11.8 Å². The van der Waals surface area contributed by atoms with Gasteiger partial charge in [0.05, 0.1) is 0 Å². The number of rotatable bonds is 4. The lowest BCUT2D eigenvalue weighted by molar-refractivity contribution is 0.673. The Kier molecular flexibility index (Phi) is 6.56. The molecule has 1 aromatic heterocycles. The number of hydrogen-bond donors (Lipinski definition) is 1. The fourth-order valence-electron chi connectivity index (χ4n) is 7.60. The van der Waals surface area contributed by atoms with E-state index in [9.17, 15) is 0 Å². The first-order valence-electron chi connectivity index (χ1n) is 15.7. The summed E-state index contributed by atoms with van der Waals surface area (Å²) >= 11 is 0. The van der Waals surface area contributed by atoms with Crippen LogP contribution in [0, 0.1) is 18.8 Å². The molecule has 1 aliphatic heterocycles. The molecule has 1 N–H and O–H groups in total. The normalized spacial score (nSPS) is 22.0. The SMILES string of the molecule is Cc1ccc2c(c1)CCC(C1=c3ccccc3=C(C3=CC=C(c4cncc(C5=CC=CCN5)c4)CC3)C3C=CC=CC13)=C2. The molecule has 0 radical (unpaired) electrons. The van der Waals surface area contributed by atoms with Gasteiger partial charge in [0.25, 0.3) is 0 Å². The molecule has 2 atom stereocenters. The second-order valence-electron chi connectivity index (χ2n) is 12.3. The molecule has 0 fully saturated rings. The Hall–Kier alpha value is -4.69. The molecule has 210 valence electrons. The van der Waals surface area contributed by atoms with Crippen molar-refractivity contribution in [1.29, 1.82) is 0 Å². The summed E-state index contributed by atoms with van der Waals surface area (Å²) in [7, 11) is 0. The lowest BCUT2D eigenvalue weighted by atomic mass is 9.67. The van der Waals surface area contributed by atoms with Crippen molar-refractivity contribution in [3.05, 3.63) is 165 Å². The average Bonchev–Trinajstić information content (AvgIpc) is 3.07. The zero-order valence-electron chi connectivity index (χ0n) is 24.7. The third-order valence-corrected chi connectivity index (χ3v) is 9.67. The molecule has 43 heavy (non-hydrogen) atoms. The number of benzene rings is 2. The number of aromatic nitrogens is 1. The number of hydrogen-bond acceptors (Lipinski definition) is 2. The molecule has 5 aliphatic rings. The maximum Gasteiger partial charge on any atom is 0.0431 e. The first-order chi connectivity index (χ1) is 21.2. The highest BCUT2D eigenvalue weighted by Crippen LogP contribution is 2.44. The maximum absolute atomic E-state index is 4.60. The van der Waals surface area contributed by atoms with E-state index in [1.807, 2.05) is 12.4 Å². The Morgan fingerprint density at radius 1 is 0.698 bits per heavy atom. The number of aryl methyl sites for hydroxylation is 2. The molecule has 2 heteroatoms. The van der Waals surface area contributed by atoms with E-state index in [4.69, 9.17) is 0 Å². The minimum atomic E-state index is 0.346. The van der Waals surface area contributed by atoms with Crippen LogP contribution in [-0.2, 0) is 6.42 Å². The molecule has 2 unspecified atom stereocenters. The van der Waals surface area contributed by atoms with Gasteiger partial charge in [-0.2, -0.15) is 0 Å². The molecule has 8 rings (SSSR count). The van der Waals surface area contributed by atoms with Gasteiger partial charge in [-0.05, 0) is 99.7 Å². The first-order valence-corrected chi connectivity index (χ1v) is 15.7. The summed E-state index contributed by atoms with van der Waals surface area (Å²) in [5.74, 6) is 0.699. The van der Waals surface area contributed by atoms with Crippen LogP contribution in [0.4, 0.5) is 0 Å². The van der Waals surface area contributed by atoms with Crippen molar-refractivity contribution in [2.75, 3.05) is 6.54 Å². The average molecular weight is 557 g/mol. The van der Waals surface area contributed by atoms with Crippen molar-refractivity contribution in [3.63, 3.8) is 0 Å². The summed E-state index contributed by atoms with van der Waals surface area (Å²) in [6.45, 7) is 3.06. The van der Waals surface area contributed by atoms with E-state index in [2.05, 4.69) is 127 Å². The van der Waals surface area contributed by atoms with E-state index < -0.39 is 0 Å².